The molecule has 0 saturated carbocycles. The van der Waals surface area contributed by atoms with Gasteiger partial charge in [0.2, 0.25) is 5.88 Å². The number of likely N-dealkylation sites (tertiary alicyclic amines) is 1. The molecule has 0 bridgehead atoms. The molecule has 1 aromatic rings. The minimum atomic E-state index is -0.474. The first-order chi connectivity index (χ1) is 12.3. The Hall–Kier alpha value is -2.51. The van der Waals surface area contributed by atoms with Gasteiger partial charge in [-0.3, -0.25) is 0 Å². The highest BCUT2D eigenvalue weighted by molar-refractivity contribution is 5.80. The Morgan fingerprint density at radius 3 is 2.65 bits per heavy atom. The lowest BCUT2D eigenvalue weighted by molar-refractivity contribution is 0.00701. The second-order valence-electron chi connectivity index (χ2n) is 7.13. The zero-order valence-corrected chi connectivity index (χ0v) is 16.2. The van der Waals surface area contributed by atoms with Crippen molar-refractivity contribution in [3.05, 3.63) is 23.9 Å². The van der Waals surface area contributed by atoms with Gasteiger partial charge in [0.25, 0.3) is 0 Å². The molecule has 2 rings (SSSR count). The smallest absolute Gasteiger partial charge is 0.410 e. The van der Waals surface area contributed by atoms with E-state index in [1.807, 2.05) is 39.8 Å². The molecule has 0 atom stereocenters. The summed E-state index contributed by atoms with van der Waals surface area (Å²) >= 11 is 0. The number of pyridine rings is 1. The predicted molar refractivity (Wildman–Crippen MR) is 100 cm³/mol. The molecule has 0 aliphatic carbocycles. The number of guanidine groups is 1. The molecule has 1 amide bonds. The summed E-state index contributed by atoms with van der Waals surface area (Å²) < 4.78 is 10.4. The summed E-state index contributed by atoms with van der Waals surface area (Å²) in [7, 11) is 1.59. The van der Waals surface area contributed by atoms with Crippen molar-refractivity contribution in [3.8, 4) is 5.88 Å². The van der Waals surface area contributed by atoms with Crippen molar-refractivity contribution in [2.24, 2.45) is 4.99 Å². The highest BCUT2D eigenvalue weighted by Gasteiger charge is 2.34. The molecule has 26 heavy (non-hydrogen) atoms. The van der Waals surface area contributed by atoms with Gasteiger partial charge in [0.1, 0.15) is 5.60 Å². The molecular weight excluding hydrogens is 334 g/mol. The van der Waals surface area contributed by atoms with Crippen molar-refractivity contribution < 1.29 is 14.3 Å². The van der Waals surface area contributed by atoms with E-state index < -0.39 is 5.60 Å². The van der Waals surface area contributed by atoms with E-state index in [2.05, 4.69) is 20.6 Å². The van der Waals surface area contributed by atoms with Gasteiger partial charge in [-0.25, -0.2) is 14.8 Å². The third-order valence-electron chi connectivity index (χ3n) is 3.64. The fourth-order valence-corrected chi connectivity index (χ4v) is 2.35. The Bertz CT molecular complexity index is 619. The summed E-state index contributed by atoms with van der Waals surface area (Å²) in [6.45, 7) is 10.1. The van der Waals surface area contributed by atoms with Crippen LogP contribution >= 0.6 is 0 Å². The Balaban J connectivity index is 1.84. The minimum Gasteiger partial charge on any atom is -0.481 e. The molecule has 2 heterocycles. The highest BCUT2D eigenvalue weighted by atomic mass is 16.6. The summed E-state index contributed by atoms with van der Waals surface area (Å²) in [5.74, 6) is 1.30. The zero-order valence-electron chi connectivity index (χ0n) is 16.2. The second-order valence-corrected chi connectivity index (χ2v) is 7.13. The minimum absolute atomic E-state index is 0.161. The summed E-state index contributed by atoms with van der Waals surface area (Å²) in [6, 6.07) is 3.91. The number of hydrogen-bond acceptors (Lipinski definition) is 5. The van der Waals surface area contributed by atoms with Gasteiger partial charge in [0.15, 0.2) is 5.96 Å². The van der Waals surface area contributed by atoms with Crippen LogP contribution in [0.1, 0.15) is 33.3 Å². The highest BCUT2D eigenvalue weighted by Crippen LogP contribution is 2.15. The maximum atomic E-state index is 12.0. The third kappa shape index (κ3) is 6.09. The van der Waals surface area contributed by atoms with E-state index in [1.165, 1.54) is 0 Å². The van der Waals surface area contributed by atoms with Gasteiger partial charge in [-0.05, 0) is 33.3 Å². The van der Waals surface area contributed by atoms with Crippen LogP contribution in [-0.4, -0.2) is 60.3 Å². The van der Waals surface area contributed by atoms with Gasteiger partial charge in [0.05, 0.1) is 19.7 Å². The quantitative estimate of drug-likeness (QED) is 0.612. The van der Waals surface area contributed by atoms with Crippen molar-refractivity contribution in [1.29, 1.82) is 0 Å². The maximum Gasteiger partial charge on any atom is 0.410 e. The topological polar surface area (TPSA) is 88.1 Å². The number of aliphatic imine (C=N–C) groups is 1. The van der Waals surface area contributed by atoms with Crippen LogP contribution in [0.25, 0.3) is 0 Å². The number of amides is 1. The lowest BCUT2D eigenvalue weighted by Crippen LogP contribution is -2.63. The number of carbonyl (C=O) groups is 1. The van der Waals surface area contributed by atoms with Crippen LogP contribution in [0.3, 0.4) is 0 Å². The fraction of sp³-hybridized carbons (Fsp3) is 0.611. The van der Waals surface area contributed by atoms with Crippen LogP contribution in [0.4, 0.5) is 4.79 Å². The molecule has 0 spiro atoms. The molecule has 1 aliphatic rings. The van der Waals surface area contributed by atoms with Gasteiger partial charge >= 0.3 is 6.09 Å². The summed E-state index contributed by atoms with van der Waals surface area (Å²) in [5, 5.41) is 6.56. The monoisotopic (exact) mass is 363 g/mol. The molecule has 8 heteroatoms. The van der Waals surface area contributed by atoms with Gasteiger partial charge in [0, 0.05) is 31.9 Å². The average molecular weight is 363 g/mol. The van der Waals surface area contributed by atoms with E-state index in [9.17, 15) is 4.79 Å². The van der Waals surface area contributed by atoms with Crippen LogP contribution in [-0.2, 0) is 11.3 Å². The van der Waals surface area contributed by atoms with Crippen molar-refractivity contribution in [2.75, 3.05) is 26.7 Å². The van der Waals surface area contributed by atoms with Gasteiger partial charge in [-0.15, -0.1) is 0 Å². The largest absolute Gasteiger partial charge is 0.481 e. The van der Waals surface area contributed by atoms with Crippen LogP contribution in [0.15, 0.2) is 23.3 Å². The van der Waals surface area contributed by atoms with Crippen molar-refractivity contribution in [1.82, 2.24) is 20.5 Å². The molecule has 8 nitrogen and oxygen atoms in total. The standard InChI is InChI=1S/C18H29N5O3/c1-6-19-16(21-10-13-7-8-15(25-5)20-9-13)22-14-11-23(12-14)17(24)26-18(2,3)4/h7-9,14H,6,10-12H2,1-5H3,(H2,19,21,22). The fourth-order valence-electron chi connectivity index (χ4n) is 2.35. The van der Waals surface area contributed by atoms with Crippen LogP contribution in [0.5, 0.6) is 5.88 Å². The summed E-state index contributed by atoms with van der Waals surface area (Å²) in [5.41, 5.74) is 0.519. The van der Waals surface area contributed by atoms with Crippen molar-refractivity contribution in [3.63, 3.8) is 0 Å². The summed E-state index contributed by atoms with van der Waals surface area (Å²) in [6.07, 6.45) is 1.47. The maximum absolute atomic E-state index is 12.0. The first kappa shape index (κ1) is 19.8. The Kier molecular flexibility index (Phi) is 6.65. The summed E-state index contributed by atoms with van der Waals surface area (Å²) in [4.78, 5) is 22.4. The number of nitrogens with one attached hydrogen (secondary N) is 2. The SMILES string of the molecule is CCNC(=NCc1ccc(OC)nc1)NC1CN(C(=O)OC(C)(C)C)C1. The lowest BCUT2D eigenvalue weighted by Gasteiger charge is -2.40. The Labute approximate surface area is 155 Å². The van der Waals surface area contributed by atoms with E-state index in [4.69, 9.17) is 9.47 Å². The number of nitrogens with zero attached hydrogens (tertiary/aromatic N) is 3. The van der Waals surface area contributed by atoms with E-state index in [1.54, 1.807) is 18.2 Å². The average Bonchev–Trinajstić information content (AvgIpc) is 2.54. The third-order valence-corrected chi connectivity index (χ3v) is 3.64. The normalized spacial score (nSPS) is 15.3. The molecule has 1 fully saturated rings. The second kappa shape index (κ2) is 8.73. The van der Waals surface area contributed by atoms with Crippen molar-refractivity contribution >= 4 is 12.1 Å². The number of ether oxygens (including phenoxy) is 2. The molecule has 1 saturated heterocycles. The van der Waals surface area contributed by atoms with E-state index in [-0.39, 0.29) is 12.1 Å². The number of rotatable bonds is 5. The number of methoxy groups -OCH3 is 1. The van der Waals surface area contributed by atoms with Crippen LogP contribution in [0, 0.1) is 0 Å². The van der Waals surface area contributed by atoms with E-state index >= 15 is 0 Å². The number of hydrogen-bond donors (Lipinski definition) is 2. The first-order valence-electron chi connectivity index (χ1n) is 8.82. The molecule has 0 unspecified atom stereocenters. The molecule has 1 aliphatic heterocycles. The Morgan fingerprint density at radius 1 is 1.38 bits per heavy atom. The lowest BCUT2D eigenvalue weighted by atomic mass is 10.1. The van der Waals surface area contributed by atoms with Crippen molar-refractivity contribution in [2.45, 2.75) is 45.9 Å². The van der Waals surface area contributed by atoms with Gasteiger partial charge in [-0.1, -0.05) is 6.07 Å². The van der Waals surface area contributed by atoms with Gasteiger partial charge < -0.3 is 25.0 Å². The molecule has 2 N–H and O–H groups in total. The molecule has 144 valence electrons. The van der Waals surface area contributed by atoms with Crippen LogP contribution in [0.2, 0.25) is 0 Å². The Morgan fingerprint density at radius 2 is 2.12 bits per heavy atom. The zero-order chi connectivity index (χ0) is 19.2. The number of aromatic nitrogens is 1. The number of carbonyl (C=O) groups excluding carboxylic acids is 1. The van der Waals surface area contributed by atoms with E-state index in [0.29, 0.717) is 25.5 Å². The predicted octanol–water partition coefficient (Wildman–Crippen LogP) is 1.76. The van der Waals surface area contributed by atoms with E-state index in [0.717, 1.165) is 18.1 Å². The first-order valence-corrected chi connectivity index (χ1v) is 8.82. The molecule has 0 aromatic carbocycles. The van der Waals surface area contributed by atoms with Gasteiger partial charge in [-0.2, -0.15) is 0 Å². The molecule has 0 radical (unpaired) electrons. The molecular formula is C18H29N5O3. The molecule has 1 aromatic heterocycles. The van der Waals surface area contributed by atoms with Crippen LogP contribution < -0.4 is 15.4 Å².